The van der Waals surface area contributed by atoms with E-state index < -0.39 is 0 Å². The van der Waals surface area contributed by atoms with Crippen molar-refractivity contribution in [3.8, 4) is 0 Å². The lowest BCUT2D eigenvalue weighted by atomic mass is 10.1. The predicted molar refractivity (Wildman–Crippen MR) is 74.3 cm³/mol. The average molecular weight is 261 g/mol. The third-order valence-electron chi connectivity index (χ3n) is 2.81. The molecule has 0 saturated heterocycles. The van der Waals surface area contributed by atoms with Crippen molar-refractivity contribution in [1.82, 2.24) is 4.90 Å². The highest BCUT2D eigenvalue weighted by atomic mass is 28.2. The highest BCUT2D eigenvalue weighted by Gasteiger charge is 2.10. The molecule has 0 aliphatic carbocycles. The van der Waals surface area contributed by atoms with Gasteiger partial charge in [0.25, 0.3) is 0 Å². The Morgan fingerprint density at radius 2 is 2.06 bits per heavy atom. The van der Waals surface area contributed by atoms with Crippen molar-refractivity contribution < 1.29 is 9.59 Å². The fourth-order valence-corrected chi connectivity index (χ4v) is 2.24. The number of hydrogen-bond donors (Lipinski definition) is 0. The van der Waals surface area contributed by atoms with E-state index in [1.807, 2.05) is 30.0 Å². The summed E-state index contributed by atoms with van der Waals surface area (Å²) in [6.07, 6.45) is 1.37. The van der Waals surface area contributed by atoms with Gasteiger partial charge < -0.3 is 9.69 Å². The molecule has 0 atom stereocenters. The monoisotopic (exact) mass is 261 g/mol. The van der Waals surface area contributed by atoms with Crippen LogP contribution in [-0.2, 0) is 16.0 Å². The minimum absolute atomic E-state index is 0.155. The maximum absolute atomic E-state index is 11.9. The zero-order valence-corrected chi connectivity index (χ0v) is 11.8. The minimum atomic E-state index is 0.155. The van der Waals surface area contributed by atoms with Crippen LogP contribution in [-0.4, -0.2) is 39.3 Å². The second-order valence-corrected chi connectivity index (χ2v) is 5.17. The Hall–Kier alpha value is -1.42. The van der Waals surface area contributed by atoms with Crippen molar-refractivity contribution in [2.24, 2.45) is 0 Å². The van der Waals surface area contributed by atoms with E-state index in [1.165, 1.54) is 5.56 Å². The average Bonchev–Trinajstić information content (AvgIpc) is 2.41. The molecule has 0 fully saturated rings. The quantitative estimate of drug-likeness (QED) is 0.406. The van der Waals surface area contributed by atoms with E-state index in [9.17, 15) is 9.59 Å². The molecule has 4 heteroatoms. The molecule has 0 bridgehead atoms. The number of rotatable bonds is 8. The number of carbonyl (C=O) groups excluding carboxylic acids is 2. The predicted octanol–water partition coefficient (Wildman–Crippen LogP) is 1.78. The Bertz CT molecular complexity index is 367. The lowest BCUT2D eigenvalue weighted by molar-refractivity contribution is -0.130. The minimum Gasteiger partial charge on any atom is -0.343 e. The third kappa shape index (κ3) is 5.27. The topological polar surface area (TPSA) is 37.4 Å². The first-order valence-electron chi connectivity index (χ1n) is 6.26. The van der Waals surface area contributed by atoms with E-state index in [0.29, 0.717) is 12.5 Å². The van der Waals surface area contributed by atoms with Gasteiger partial charge in [-0.05, 0) is 25.0 Å². The SMILES string of the molecule is CCN(CCc1ccccc1)C(=O)CC[Si]C=O. The standard InChI is InChI=1S/C14H19NO2Si/c1-2-15(14(17)9-11-18-12-16)10-8-13-6-4-3-5-7-13/h3-7,12H,2,8-11H2,1H3. The zero-order chi connectivity index (χ0) is 13.2. The van der Waals surface area contributed by atoms with Crippen LogP contribution >= 0.6 is 0 Å². The van der Waals surface area contributed by atoms with Gasteiger partial charge in [-0.3, -0.25) is 4.79 Å². The fraction of sp³-hybridized carbons (Fsp3) is 0.429. The molecule has 0 unspecified atom stereocenters. The van der Waals surface area contributed by atoms with E-state index in [1.54, 1.807) is 0 Å². The van der Waals surface area contributed by atoms with Crippen LogP contribution in [0.4, 0.5) is 0 Å². The van der Waals surface area contributed by atoms with Gasteiger partial charge in [-0.2, -0.15) is 0 Å². The van der Waals surface area contributed by atoms with Crippen molar-refractivity contribution in [2.75, 3.05) is 13.1 Å². The molecule has 0 aromatic heterocycles. The van der Waals surface area contributed by atoms with Gasteiger partial charge in [0.15, 0.2) is 0 Å². The normalized spacial score (nSPS) is 10.1. The first kappa shape index (κ1) is 14.6. The van der Waals surface area contributed by atoms with Gasteiger partial charge in [0.1, 0.15) is 9.52 Å². The van der Waals surface area contributed by atoms with Gasteiger partial charge in [0.2, 0.25) is 5.91 Å². The lowest BCUT2D eigenvalue weighted by Crippen LogP contribution is -2.32. The first-order chi connectivity index (χ1) is 8.77. The molecule has 0 aliphatic rings. The molecular weight excluding hydrogens is 242 g/mol. The second kappa shape index (κ2) is 8.64. The number of likely N-dealkylation sites (N-methyl/N-ethyl adjacent to an activating group) is 1. The van der Waals surface area contributed by atoms with E-state index in [4.69, 9.17) is 0 Å². The summed E-state index contributed by atoms with van der Waals surface area (Å²) < 4.78 is 0. The van der Waals surface area contributed by atoms with Gasteiger partial charge in [-0.25, -0.2) is 0 Å². The first-order valence-corrected chi connectivity index (χ1v) is 7.55. The molecule has 0 heterocycles. The van der Waals surface area contributed by atoms with E-state index in [2.05, 4.69) is 12.1 Å². The number of nitrogens with zero attached hydrogens (tertiary/aromatic N) is 1. The van der Waals surface area contributed by atoms with Gasteiger partial charge >= 0.3 is 0 Å². The van der Waals surface area contributed by atoms with Crippen molar-refractivity contribution in [3.63, 3.8) is 0 Å². The van der Waals surface area contributed by atoms with Crippen LogP contribution in [0, 0.1) is 0 Å². The summed E-state index contributed by atoms with van der Waals surface area (Å²) in [7, 11) is 0.249. The number of benzene rings is 1. The molecule has 1 aromatic rings. The Morgan fingerprint density at radius 1 is 1.33 bits per heavy atom. The molecule has 1 amide bonds. The van der Waals surface area contributed by atoms with E-state index >= 15 is 0 Å². The van der Waals surface area contributed by atoms with Crippen LogP contribution in [0.5, 0.6) is 0 Å². The van der Waals surface area contributed by atoms with Crippen LogP contribution in [0.15, 0.2) is 30.3 Å². The molecule has 3 nitrogen and oxygen atoms in total. The Morgan fingerprint density at radius 3 is 2.67 bits per heavy atom. The molecular formula is C14H19NO2Si. The summed E-state index contributed by atoms with van der Waals surface area (Å²) in [6.45, 7) is 3.48. The van der Waals surface area contributed by atoms with Gasteiger partial charge in [-0.1, -0.05) is 30.3 Å². The Labute approximate surface area is 111 Å². The maximum atomic E-state index is 11.9. The molecule has 18 heavy (non-hydrogen) atoms. The van der Waals surface area contributed by atoms with Crippen LogP contribution in [0.2, 0.25) is 6.04 Å². The Balaban J connectivity index is 2.37. The van der Waals surface area contributed by atoms with Gasteiger partial charge in [-0.15, -0.1) is 0 Å². The van der Waals surface area contributed by atoms with Crippen LogP contribution in [0.25, 0.3) is 0 Å². The van der Waals surface area contributed by atoms with Crippen LogP contribution in [0.1, 0.15) is 18.9 Å². The summed E-state index contributed by atoms with van der Waals surface area (Å²) in [5.41, 5.74) is 1.25. The molecule has 0 aliphatic heterocycles. The molecule has 1 aromatic carbocycles. The lowest BCUT2D eigenvalue weighted by Gasteiger charge is -2.20. The van der Waals surface area contributed by atoms with Crippen LogP contribution < -0.4 is 0 Å². The number of carbonyl (C=O) groups is 2. The smallest absolute Gasteiger partial charge is 0.222 e. The van der Waals surface area contributed by atoms with Crippen LogP contribution in [0.3, 0.4) is 0 Å². The highest BCUT2D eigenvalue weighted by molar-refractivity contribution is 6.66. The summed E-state index contributed by atoms with van der Waals surface area (Å²) in [5, 5.41) is 0. The summed E-state index contributed by atoms with van der Waals surface area (Å²) >= 11 is 0. The van der Waals surface area contributed by atoms with E-state index in [-0.39, 0.29) is 15.4 Å². The zero-order valence-electron chi connectivity index (χ0n) is 10.8. The van der Waals surface area contributed by atoms with Crippen molar-refractivity contribution in [2.45, 2.75) is 25.8 Å². The number of hydrogen-bond acceptors (Lipinski definition) is 2. The molecule has 0 N–H and O–H groups in total. The second-order valence-electron chi connectivity index (χ2n) is 4.03. The molecule has 1 rings (SSSR count). The number of amides is 1. The fourth-order valence-electron chi connectivity index (χ4n) is 1.76. The maximum Gasteiger partial charge on any atom is 0.222 e. The third-order valence-corrected chi connectivity index (χ3v) is 3.52. The summed E-state index contributed by atoms with van der Waals surface area (Å²) in [5.74, 6) is 1.05. The van der Waals surface area contributed by atoms with Crippen molar-refractivity contribution >= 4 is 21.3 Å². The summed E-state index contributed by atoms with van der Waals surface area (Å²) in [4.78, 5) is 24.0. The largest absolute Gasteiger partial charge is 0.343 e. The molecule has 96 valence electrons. The van der Waals surface area contributed by atoms with E-state index in [0.717, 1.165) is 25.4 Å². The van der Waals surface area contributed by atoms with Gasteiger partial charge in [0.05, 0.1) is 5.91 Å². The van der Waals surface area contributed by atoms with Crippen molar-refractivity contribution in [1.29, 1.82) is 0 Å². The molecule has 2 radical (unpaired) electrons. The molecule has 0 spiro atoms. The van der Waals surface area contributed by atoms with Gasteiger partial charge in [0, 0.05) is 19.5 Å². The molecule has 0 saturated carbocycles. The Kier molecular flexibility index (Phi) is 7.02. The summed E-state index contributed by atoms with van der Waals surface area (Å²) in [6, 6.07) is 10.9. The highest BCUT2D eigenvalue weighted by Crippen LogP contribution is 2.04. The van der Waals surface area contributed by atoms with Crippen molar-refractivity contribution in [3.05, 3.63) is 35.9 Å².